The average Bonchev–Trinajstić information content (AvgIpc) is 3.03. The van der Waals surface area contributed by atoms with Gasteiger partial charge in [-0.05, 0) is 42.7 Å². The second-order valence-electron chi connectivity index (χ2n) is 7.75. The summed E-state index contributed by atoms with van der Waals surface area (Å²) in [6.45, 7) is 6.03. The van der Waals surface area contributed by atoms with E-state index < -0.39 is 11.9 Å². The first-order valence-corrected chi connectivity index (χ1v) is 9.57. The van der Waals surface area contributed by atoms with Crippen LogP contribution in [0.25, 0.3) is 11.0 Å². The van der Waals surface area contributed by atoms with Gasteiger partial charge >= 0.3 is 11.9 Å². The molecule has 0 spiro atoms. The van der Waals surface area contributed by atoms with Crippen LogP contribution in [0.5, 0.6) is 0 Å². The van der Waals surface area contributed by atoms with Crippen LogP contribution in [0.15, 0.2) is 24.3 Å². The predicted molar refractivity (Wildman–Crippen MR) is 99.7 cm³/mol. The highest BCUT2D eigenvalue weighted by atomic mass is 16.6. The molecule has 1 aliphatic rings. The molecule has 1 saturated carbocycles. The first-order valence-electron chi connectivity index (χ1n) is 9.57. The van der Waals surface area contributed by atoms with E-state index in [0.29, 0.717) is 23.3 Å². The van der Waals surface area contributed by atoms with E-state index in [4.69, 9.17) is 9.47 Å². The zero-order chi connectivity index (χ0) is 19.4. The Morgan fingerprint density at radius 3 is 2.78 bits per heavy atom. The maximum absolute atomic E-state index is 12.2. The van der Waals surface area contributed by atoms with E-state index >= 15 is 0 Å². The van der Waals surface area contributed by atoms with Gasteiger partial charge in [0, 0.05) is 0 Å². The van der Waals surface area contributed by atoms with Crippen molar-refractivity contribution in [3.05, 3.63) is 24.3 Å². The summed E-state index contributed by atoms with van der Waals surface area (Å²) in [4.78, 5) is 24.2. The standard InChI is InChI=1S/C20H27N3O4/c1-13(2)15-9-8-14(3)10-18(15)27-20(25)12-26-19(24)11-23-17-7-5-4-6-16(17)21-22-23/h4-7,13-15,18H,8-12H2,1-3H3/t14-,15+,18+/m1/s1. The zero-order valence-corrected chi connectivity index (χ0v) is 16.1. The normalized spacial score (nSPS) is 22.7. The molecule has 3 atom stereocenters. The quantitative estimate of drug-likeness (QED) is 0.724. The number of nitrogens with zero attached hydrogens (tertiary/aromatic N) is 3. The molecule has 0 N–H and O–H groups in total. The third-order valence-electron chi connectivity index (χ3n) is 5.29. The first kappa shape index (κ1) is 19.3. The molecule has 3 rings (SSSR count). The number of carbonyl (C=O) groups is 2. The molecule has 2 aromatic rings. The number of aromatic nitrogens is 3. The molecule has 0 unspecified atom stereocenters. The Hall–Kier alpha value is -2.44. The molecule has 7 heteroatoms. The lowest BCUT2D eigenvalue weighted by Gasteiger charge is -2.36. The van der Waals surface area contributed by atoms with Crippen molar-refractivity contribution in [2.75, 3.05) is 6.61 Å². The fraction of sp³-hybridized carbons (Fsp3) is 0.600. The summed E-state index contributed by atoms with van der Waals surface area (Å²) in [6.07, 6.45) is 3.00. The molecule has 1 heterocycles. The highest BCUT2D eigenvalue weighted by Crippen LogP contribution is 2.35. The van der Waals surface area contributed by atoms with Crippen molar-refractivity contribution in [3.63, 3.8) is 0 Å². The number of esters is 2. The number of carbonyl (C=O) groups excluding carboxylic acids is 2. The Balaban J connectivity index is 1.50. The number of fused-ring (bicyclic) bond motifs is 1. The van der Waals surface area contributed by atoms with E-state index in [1.54, 1.807) is 0 Å². The molecule has 0 saturated heterocycles. The Labute approximate surface area is 159 Å². The summed E-state index contributed by atoms with van der Waals surface area (Å²) in [7, 11) is 0. The van der Waals surface area contributed by atoms with Gasteiger partial charge in [-0.15, -0.1) is 5.10 Å². The van der Waals surface area contributed by atoms with Crippen molar-refractivity contribution in [1.29, 1.82) is 0 Å². The fourth-order valence-corrected chi connectivity index (χ4v) is 3.79. The van der Waals surface area contributed by atoms with Crippen molar-refractivity contribution in [1.82, 2.24) is 15.0 Å². The van der Waals surface area contributed by atoms with Gasteiger partial charge in [-0.2, -0.15) is 0 Å². The third-order valence-corrected chi connectivity index (χ3v) is 5.29. The van der Waals surface area contributed by atoms with Gasteiger partial charge in [0.05, 0.1) is 5.52 Å². The van der Waals surface area contributed by atoms with Crippen LogP contribution in [0.2, 0.25) is 0 Å². The second kappa shape index (κ2) is 8.50. The molecule has 27 heavy (non-hydrogen) atoms. The summed E-state index contributed by atoms with van der Waals surface area (Å²) in [5.74, 6) is 0.332. The van der Waals surface area contributed by atoms with Crippen LogP contribution in [-0.2, 0) is 25.6 Å². The molecule has 0 aliphatic heterocycles. The summed E-state index contributed by atoms with van der Waals surface area (Å²) < 4.78 is 12.2. The van der Waals surface area contributed by atoms with Crippen LogP contribution < -0.4 is 0 Å². The predicted octanol–water partition coefficient (Wildman–Crippen LogP) is 2.98. The zero-order valence-electron chi connectivity index (χ0n) is 16.1. The first-order chi connectivity index (χ1) is 12.9. The summed E-state index contributed by atoms with van der Waals surface area (Å²) in [5, 5.41) is 7.93. The monoisotopic (exact) mass is 373 g/mol. The molecular formula is C20H27N3O4. The maximum atomic E-state index is 12.2. The highest BCUT2D eigenvalue weighted by Gasteiger charge is 2.33. The van der Waals surface area contributed by atoms with Crippen LogP contribution in [0.3, 0.4) is 0 Å². The van der Waals surface area contributed by atoms with E-state index in [9.17, 15) is 9.59 Å². The lowest BCUT2D eigenvalue weighted by atomic mass is 9.75. The molecule has 1 aromatic carbocycles. The number of benzene rings is 1. The number of hydrogen-bond acceptors (Lipinski definition) is 6. The molecule has 146 valence electrons. The van der Waals surface area contributed by atoms with Crippen LogP contribution >= 0.6 is 0 Å². The van der Waals surface area contributed by atoms with E-state index in [0.717, 1.165) is 24.8 Å². The Morgan fingerprint density at radius 1 is 1.22 bits per heavy atom. The summed E-state index contributed by atoms with van der Waals surface area (Å²) in [5.41, 5.74) is 1.45. The van der Waals surface area contributed by atoms with Crippen molar-refractivity contribution in [2.24, 2.45) is 17.8 Å². The van der Waals surface area contributed by atoms with Gasteiger partial charge in [0.25, 0.3) is 0 Å². The van der Waals surface area contributed by atoms with Crippen molar-refractivity contribution in [3.8, 4) is 0 Å². The molecule has 1 aliphatic carbocycles. The van der Waals surface area contributed by atoms with Gasteiger partial charge in [-0.1, -0.05) is 44.5 Å². The minimum Gasteiger partial charge on any atom is -0.460 e. The topological polar surface area (TPSA) is 83.3 Å². The Bertz CT molecular complexity index is 801. The van der Waals surface area contributed by atoms with Gasteiger partial charge in [0.2, 0.25) is 0 Å². The molecule has 1 aromatic heterocycles. The number of para-hydroxylation sites is 1. The minimum atomic E-state index is -0.542. The molecule has 0 radical (unpaired) electrons. The average molecular weight is 373 g/mol. The molecule has 7 nitrogen and oxygen atoms in total. The van der Waals surface area contributed by atoms with Crippen molar-refractivity contribution >= 4 is 23.0 Å². The van der Waals surface area contributed by atoms with Gasteiger partial charge < -0.3 is 9.47 Å². The van der Waals surface area contributed by atoms with E-state index in [1.807, 2.05) is 24.3 Å². The highest BCUT2D eigenvalue weighted by molar-refractivity contribution is 5.79. The van der Waals surface area contributed by atoms with Gasteiger partial charge in [-0.3, -0.25) is 4.79 Å². The SMILES string of the molecule is CC(C)[C@@H]1CC[C@@H](C)C[C@@H]1OC(=O)COC(=O)Cn1nnc2ccccc21. The van der Waals surface area contributed by atoms with Gasteiger partial charge in [0.15, 0.2) is 6.61 Å². The molecule has 1 fully saturated rings. The number of ether oxygens (including phenoxy) is 2. The maximum Gasteiger partial charge on any atom is 0.344 e. The molecule has 0 bridgehead atoms. The fourth-order valence-electron chi connectivity index (χ4n) is 3.79. The van der Waals surface area contributed by atoms with Crippen LogP contribution in [0, 0.1) is 17.8 Å². The van der Waals surface area contributed by atoms with Gasteiger partial charge in [-0.25, -0.2) is 9.48 Å². The third kappa shape index (κ3) is 4.84. The van der Waals surface area contributed by atoms with Crippen molar-refractivity contribution in [2.45, 2.75) is 52.7 Å². The largest absolute Gasteiger partial charge is 0.460 e. The lowest BCUT2D eigenvalue weighted by molar-refractivity contribution is -0.167. The second-order valence-corrected chi connectivity index (χ2v) is 7.75. The minimum absolute atomic E-state index is 0.0944. The smallest absolute Gasteiger partial charge is 0.344 e. The van der Waals surface area contributed by atoms with Crippen molar-refractivity contribution < 1.29 is 19.1 Å². The summed E-state index contributed by atoms with van der Waals surface area (Å²) >= 11 is 0. The Morgan fingerprint density at radius 2 is 2.00 bits per heavy atom. The molecule has 0 amide bonds. The Kier molecular flexibility index (Phi) is 6.08. The van der Waals surface area contributed by atoms with E-state index in [-0.39, 0.29) is 19.3 Å². The number of rotatable bonds is 6. The van der Waals surface area contributed by atoms with Crippen LogP contribution in [-0.4, -0.2) is 39.6 Å². The van der Waals surface area contributed by atoms with Crippen LogP contribution in [0.1, 0.15) is 40.0 Å². The molecular weight excluding hydrogens is 346 g/mol. The van der Waals surface area contributed by atoms with E-state index in [2.05, 4.69) is 31.1 Å². The number of hydrogen-bond donors (Lipinski definition) is 0. The van der Waals surface area contributed by atoms with Crippen LogP contribution in [0.4, 0.5) is 0 Å². The summed E-state index contributed by atoms with van der Waals surface area (Å²) in [6, 6.07) is 7.35. The van der Waals surface area contributed by atoms with Gasteiger partial charge in [0.1, 0.15) is 18.2 Å². The van der Waals surface area contributed by atoms with E-state index in [1.165, 1.54) is 4.68 Å². The lowest BCUT2D eigenvalue weighted by Crippen LogP contribution is -2.37.